The molecule has 4 rings (SSSR count). The van der Waals surface area contributed by atoms with Gasteiger partial charge in [-0.25, -0.2) is 13.4 Å². The van der Waals surface area contributed by atoms with Gasteiger partial charge < -0.3 is 9.80 Å². The average molecular weight is 453 g/mol. The lowest BCUT2D eigenvalue weighted by atomic mass is 10.1. The summed E-state index contributed by atoms with van der Waals surface area (Å²) in [6.45, 7) is 11.9. The number of pyridine rings is 1. The summed E-state index contributed by atoms with van der Waals surface area (Å²) in [4.78, 5) is 10.2. The number of rotatable bonds is 7. The molecular weight excluding hydrogens is 420 g/mol. The number of nitrogens with zero attached hydrogens (tertiary/aromatic N) is 4. The lowest BCUT2D eigenvalue weighted by Gasteiger charge is -2.35. The number of hydrogen-bond donors (Lipinski definition) is 0. The van der Waals surface area contributed by atoms with E-state index in [9.17, 15) is 8.42 Å². The van der Waals surface area contributed by atoms with Gasteiger partial charge in [0, 0.05) is 50.2 Å². The standard InChI is InChI=1S/C25H32N4O2S/c1-4-27-15-17-28(18-16-27)25-23-10-8-7-9-21(23)19-24(26-25)20-11-13-22(14-12-20)32(30,31)29(5-2)6-3/h7-14,19H,4-6,15-18H2,1-3H3. The Hall–Kier alpha value is -2.48. The van der Waals surface area contributed by atoms with Gasteiger partial charge in [0.05, 0.1) is 10.6 Å². The molecular formula is C25H32N4O2S. The summed E-state index contributed by atoms with van der Waals surface area (Å²) in [5.41, 5.74) is 1.78. The highest BCUT2D eigenvalue weighted by Crippen LogP contribution is 2.31. The Kier molecular flexibility index (Phi) is 6.79. The molecule has 2 heterocycles. The number of benzene rings is 2. The topological polar surface area (TPSA) is 56.8 Å². The maximum atomic E-state index is 12.8. The van der Waals surface area contributed by atoms with Gasteiger partial charge in [-0.15, -0.1) is 0 Å². The Morgan fingerprint density at radius 1 is 0.906 bits per heavy atom. The van der Waals surface area contributed by atoms with Crippen molar-refractivity contribution in [3.8, 4) is 11.3 Å². The van der Waals surface area contributed by atoms with E-state index in [0.717, 1.165) is 60.6 Å². The number of anilines is 1. The molecule has 1 aromatic heterocycles. The first-order valence-corrected chi connectivity index (χ1v) is 12.9. The van der Waals surface area contributed by atoms with Crippen LogP contribution < -0.4 is 4.90 Å². The van der Waals surface area contributed by atoms with Gasteiger partial charge in [0.25, 0.3) is 0 Å². The Morgan fingerprint density at radius 2 is 1.56 bits per heavy atom. The molecule has 170 valence electrons. The summed E-state index contributed by atoms with van der Waals surface area (Å²) < 4.78 is 27.1. The van der Waals surface area contributed by atoms with Crippen molar-refractivity contribution in [3.05, 3.63) is 54.6 Å². The molecule has 7 heteroatoms. The van der Waals surface area contributed by atoms with Crippen LogP contribution in [0.15, 0.2) is 59.5 Å². The highest BCUT2D eigenvalue weighted by molar-refractivity contribution is 7.89. The van der Waals surface area contributed by atoms with Crippen molar-refractivity contribution in [1.29, 1.82) is 0 Å². The van der Waals surface area contributed by atoms with Gasteiger partial charge in [0.1, 0.15) is 5.82 Å². The van der Waals surface area contributed by atoms with Gasteiger partial charge in [-0.1, -0.05) is 57.2 Å². The molecule has 0 spiro atoms. The van der Waals surface area contributed by atoms with Gasteiger partial charge >= 0.3 is 0 Å². The van der Waals surface area contributed by atoms with Gasteiger partial charge in [-0.2, -0.15) is 4.31 Å². The lowest BCUT2D eigenvalue weighted by molar-refractivity contribution is 0.271. The smallest absolute Gasteiger partial charge is 0.243 e. The first-order chi connectivity index (χ1) is 15.5. The van der Waals surface area contributed by atoms with E-state index in [1.54, 1.807) is 12.1 Å². The van der Waals surface area contributed by atoms with E-state index in [2.05, 4.69) is 41.0 Å². The molecule has 0 aliphatic carbocycles. The largest absolute Gasteiger partial charge is 0.354 e. The second-order valence-corrected chi connectivity index (χ2v) is 10.0. The van der Waals surface area contributed by atoms with Crippen LogP contribution in [-0.2, 0) is 10.0 Å². The zero-order chi connectivity index (χ0) is 22.7. The van der Waals surface area contributed by atoms with E-state index in [0.29, 0.717) is 18.0 Å². The highest BCUT2D eigenvalue weighted by atomic mass is 32.2. The van der Waals surface area contributed by atoms with Gasteiger partial charge in [-0.05, 0) is 30.1 Å². The quantitative estimate of drug-likeness (QED) is 0.541. The number of fused-ring (bicyclic) bond motifs is 1. The van der Waals surface area contributed by atoms with Crippen molar-refractivity contribution in [3.63, 3.8) is 0 Å². The molecule has 32 heavy (non-hydrogen) atoms. The van der Waals surface area contributed by atoms with Crippen LogP contribution in [0.3, 0.4) is 0 Å². The fraction of sp³-hybridized carbons (Fsp3) is 0.400. The monoisotopic (exact) mass is 452 g/mol. The van der Waals surface area contributed by atoms with Crippen LogP contribution in [0.4, 0.5) is 5.82 Å². The zero-order valence-corrected chi connectivity index (χ0v) is 20.0. The van der Waals surface area contributed by atoms with E-state index in [1.165, 1.54) is 4.31 Å². The van der Waals surface area contributed by atoms with Crippen molar-refractivity contribution in [2.45, 2.75) is 25.7 Å². The molecule has 0 saturated carbocycles. The first-order valence-electron chi connectivity index (χ1n) is 11.5. The first kappa shape index (κ1) is 22.7. The van der Waals surface area contributed by atoms with Gasteiger partial charge in [-0.3, -0.25) is 0 Å². The molecule has 6 nitrogen and oxygen atoms in total. The second-order valence-electron chi connectivity index (χ2n) is 8.09. The van der Waals surface area contributed by atoms with Crippen LogP contribution in [0, 0.1) is 0 Å². The predicted octanol–water partition coefficient (Wildman–Crippen LogP) is 4.07. The number of aromatic nitrogens is 1. The molecule has 0 radical (unpaired) electrons. The fourth-order valence-corrected chi connectivity index (χ4v) is 5.81. The molecule has 1 fully saturated rings. The maximum absolute atomic E-state index is 12.8. The van der Waals surface area contributed by atoms with Gasteiger partial charge in [0.2, 0.25) is 10.0 Å². The van der Waals surface area contributed by atoms with Crippen molar-refractivity contribution in [2.24, 2.45) is 0 Å². The highest BCUT2D eigenvalue weighted by Gasteiger charge is 2.22. The number of likely N-dealkylation sites (N-methyl/N-ethyl adjacent to an activating group) is 1. The van der Waals surface area contributed by atoms with Crippen molar-refractivity contribution in [1.82, 2.24) is 14.2 Å². The fourth-order valence-electron chi connectivity index (χ4n) is 4.36. The van der Waals surface area contributed by atoms with E-state index < -0.39 is 10.0 Å². The molecule has 0 atom stereocenters. The Bertz CT molecular complexity index is 1170. The Labute approximate surface area is 191 Å². The number of hydrogen-bond acceptors (Lipinski definition) is 5. The van der Waals surface area contributed by atoms with Crippen LogP contribution in [0.5, 0.6) is 0 Å². The molecule has 1 aliphatic heterocycles. The Balaban J connectivity index is 1.71. The minimum absolute atomic E-state index is 0.321. The molecule has 0 unspecified atom stereocenters. The Morgan fingerprint density at radius 3 is 2.19 bits per heavy atom. The van der Waals surface area contributed by atoms with Gasteiger partial charge in [0.15, 0.2) is 0 Å². The minimum Gasteiger partial charge on any atom is -0.354 e. The van der Waals surface area contributed by atoms with E-state index >= 15 is 0 Å². The maximum Gasteiger partial charge on any atom is 0.243 e. The average Bonchev–Trinajstić information content (AvgIpc) is 2.84. The summed E-state index contributed by atoms with van der Waals surface area (Å²) in [6.07, 6.45) is 0. The van der Waals surface area contributed by atoms with Crippen LogP contribution >= 0.6 is 0 Å². The van der Waals surface area contributed by atoms with Crippen LogP contribution in [0.25, 0.3) is 22.0 Å². The lowest BCUT2D eigenvalue weighted by Crippen LogP contribution is -2.46. The van der Waals surface area contributed by atoms with Crippen molar-refractivity contribution >= 4 is 26.6 Å². The van der Waals surface area contributed by atoms with E-state index in [-0.39, 0.29) is 0 Å². The number of sulfonamides is 1. The molecule has 0 N–H and O–H groups in total. The molecule has 0 amide bonds. The third-order valence-corrected chi connectivity index (χ3v) is 8.40. The third-order valence-electron chi connectivity index (χ3n) is 6.33. The van der Waals surface area contributed by atoms with Crippen LogP contribution in [-0.4, -0.2) is 68.4 Å². The summed E-state index contributed by atoms with van der Waals surface area (Å²) in [5, 5.41) is 2.30. The minimum atomic E-state index is -3.47. The second kappa shape index (κ2) is 9.57. The summed E-state index contributed by atoms with van der Waals surface area (Å²) in [5.74, 6) is 1.01. The summed E-state index contributed by atoms with van der Waals surface area (Å²) >= 11 is 0. The zero-order valence-electron chi connectivity index (χ0n) is 19.2. The summed E-state index contributed by atoms with van der Waals surface area (Å²) in [7, 11) is -3.47. The molecule has 2 aromatic carbocycles. The van der Waals surface area contributed by atoms with E-state index in [1.807, 2.05) is 32.0 Å². The molecule has 1 saturated heterocycles. The molecule has 0 bridgehead atoms. The van der Waals surface area contributed by atoms with E-state index in [4.69, 9.17) is 4.98 Å². The van der Waals surface area contributed by atoms with Crippen molar-refractivity contribution in [2.75, 3.05) is 50.7 Å². The number of piperazine rings is 1. The summed E-state index contributed by atoms with van der Waals surface area (Å²) in [6, 6.07) is 17.6. The molecule has 1 aliphatic rings. The predicted molar refractivity (Wildman–Crippen MR) is 132 cm³/mol. The van der Waals surface area contributed by atoms with Crippen molar-refractivity contribution < 1.29 is 8.42 Å². The molecule has 3 aromatic rings. The normalized spacial score (nSPS) is 15.6. The van der Waals surface area contributed by atoms with Crippen LogP contribution in [0.1, 0.15) is 20.8 Å². The van der Waals surface area contributed by atoms with Crippen LogP contribution in [0.2, 0.25) is 0 Å². The third kappa shape index (κ3) is 4.37. The SMILES string of the molecule is CCN1CCN(c2nc(-c3ccc(S(=O)(=O)N(CC)CC)cc3)cc3ccccc23)CC1.